The Balaban J connectivity index is 1.60. The maximum absolute atomic E-state index is 13.6. The molecule has 4 nitrogen and oxygen atoms in total. The van der Waals surface area contributed by atoms with Crippen molar-refractivity contribution in [3.05, 3.63) is 88.7 Å². The second kappa shape index (κ2) is 9.15. The van der Waals surface area contributed by atoms with E-state index in [-0.39, 0.29) is 12.3 Å². The van der Waals surface area contributed by atoms with E-state index in [1.165, 1.54) is 12.1 Å². The third-order valence-corrected chi connectivity index (χ3v) is 4.23. The van der Waals surface area contributed by atoms with Crippen LogP contribution >= 0.6 is 11.6 Å². The van der Waals surface area contributed by atoms with Gasteiger partial charge in [-0.2, -0.15) is 0 Å². The van der Waals surface area contributed by atoms with Crippen molar-refractivity contribution in [1.29, 1.82) is 0 Å². The zero-order chi connectivity index (χ0) is 19.9. The summed E-state index contributed by atoms with van der Waals surface area (Å²) in [7, 11) is 0. The van der Waals surface area contributed by atoms with Crippen LogP contribution < -0.4 is 10.1 Å². The first-order valence-electron chi connectivity index (χ1n) is 8.59. The molecule has 0 radical (unpaired) electrons. The number of hydrogen-bond donors (Lipinski definition) is 1. The molecule has 3 aromatic rings. The first-order chi connectivity index (χ1) is 13.5. The van der Waals surface area contributed by atoms with Crippen molar-refractivity contribution in [3.63, 3.8) is 0 Å². The number of hydrogen-bond acceptors (Lipinski definition) is 3. The minimum absolute atomic E-state index is 0.102. The lowest BCUT2D eigenvalue weighted by molar-refractivity contribution is -0.118. The molecule has 3 aromatic carbocycles. The Morgan fingerprint density at radius 3 is 2.64 bits per heavy atom. The number of nitrogens with zero attached hydrogens (tertiary/aromatic N) is 1. The number of halogens is 2. The number of nitrogens with one attached hydrogen (secondary N) is 1. The number of rotatable bonds is 6. The number of aryl methyl sites for hydroxylation is 1. The molecule has 0 saturated carbocycles. The van der Waals surface area contributed by atoms with Gasteiger partial charge in [0.1, 0.15) is 11.6 Å². The van der Waals surface area contributed by atoms with Gasteiger partial charge in [-0.25, -0.2) is 4.39 Å². The van der Waals surface area contributed by atoms with Crippen LogP contribution in [0.2, 0.25) is 5.02 Å². The van der Waals surface area contributed by atoms with Gasteiger partial charge in [0.2, 0.25) is 0 Å². The number of ether oxygens (including phenoxy) is 1. The molecular weight excluding hydrogens is 379 g/mol. The number of amides is 1. The van der Waals surface area contributed by atoms with E-state index in [4.69, 9.17) is 16.3 Å². The average molecular weight is 397 g/mol. The van der Waals surface area contributed by atoms with E-state index in [0.29, 0.717) is 10.8 Å². The Morgan fingerprint density at radius 2 is 1.89 bits per heavy atom. The van der Waals surface area contributed by atoms with E-state index < -0.39 is 11.7 Å². The summed E-state index contributed by atoms with van der Waals surface area (Å²) in [5.41, 5.74) is 2.86. The fourth-order valence-electron chi connectivity index (χ4n) is 2.46. The van der Waals surface area contributed by atoms with Gasteiger partial charge in [-0.05, 0) is 54.4 Å². The summed E-state index contributed by atoms with van der Waals surface area (Å²) in [6.45, 7) is 1.70. The molecule has 6 heteroatoms. The average Bonchev–Trinajstić information content (AvgIpc) is 2.68. The molecule has 0 saturated heterocycles. The molecule has 0 aliphatic heterocycles. The minimum Gasteiger partial charge on any atom is -0.482 e. The number of carbonyl (C=O) groups is 1. The second-order valence-corrected chi connectivity index (χ2v) is 6.46. The lowest BCUT2D eigenvalue weighted by Crippen LogP contribution is -2.20. The summed E-state index contributed by atoms with van der Waals surface area (Å²) in [4.78, 5) is 16.4. The van der Waals surface area contributed by atoms with Crippen LogP contribution in [0.5, 0.6) is 5.75 Å². The van der Waals surface area contributed by atoms with E-state index in [2.05, 4.69) is 10.3 Å². The van der Waals surface area contributed by atoms with E-state index >= 15 is 0 Å². The van der Waals surface area contributed by atoms with Gasteiger partial charge in [-0.1, -0.05) is 41.9 Å². The molecule has 0 fully saturated rings. The maximum atomic E-state index is 13.6. The van der Waals surface area contributed by atoms with Gasteiger partial charge in [-0.3, -0.25) is 9.79 Å². The molecule has 0 heterocycles. The summed E-state index contributed by atoms with van der Waals surface area (Å²) >= 11 is 6.23. The Hall–Kier alpha value is -3.18. The highest BCUT2D eigenvalue weighted by Gasteiger charge is 2.09. The monoisotopic (exact) mass is 396 g/mol. The van der Waals surface area contributed by atoms with Crippen LogP contribution in [-0.4, -0.2) is 18.7 Å². The van der Waals surface area contributed by atoms with Gasteiger partial charge in [-0.15, -0.1) is 0 Å². The number of carbonyl (C=O) groups excluding carboxylic acids is 1. The van der Waals surface area contributed by atoms with Crippen LogP contribution in [0, 0.1) is 12.7 Å². The molecule has 142 valence electrons. The summed E-state index contributed by atoms with van der Waals surface area (Å²) < 4.78 is 19.0. The van der Waals surface area contributed by atoms with Gasteiger partial charge >= 0.3 is 0 Å². The molecule has 0 unspecified atom stereocenters. The molecule has 0 atom stereocenters. The van der Waals surface area contributed by atoms with Crippen molar-refractivity contribution in [2.45, 2.75) is 6.92 Å². The number of benzene rings is 3. The minimum atomic E-state index is -0.508. The fraction of sp³-hybridized carbons (Fsp3) is 0.0909. The zero-order valence-corrected chi connectivity index (χ0v) is 15.9. The van der Waals surface area contributed by atoms with Crippen LogP contribution in [0.25, 0.3) is 0 Å². The maximum Gasteiger partial charge on any atom is 0.262 e. The molecule has 0 spiro atoms. The highest BCUT2D eigenvalue weighted by atomic mass is 35.5. The first-order valence-corrected chi connectivity index (χ1v) is 8.97. The van der Waals surface area contributed by atoms with E-state index in [9.17, 15) is 9.18 Å². The number of aliphatic imine (C=N–C) groups is 1. The van der Waals surface area contributed by atoms with Gasteiger partial charge < -0.3 is 10.1 Å². The SMILES string of the molecule is Cc1ccccc1N=Cc1ccc(OCC(=O)Nc2ccccc2F)c(Cl)c1. The van der Waals surface area contributed by atoms with Gasteiger partial charge in [0, 0.05) is 6.21 Å². The van der Waals surface area contributed by atoms with Gasteiger partial charge in [0.05, 0.1) is 16.4 Å². The Bertz CT molecular complexity index is 1020. The topological polar surface area (TPSA) is 50.7 Å². The molecule has 1 amide bonds. The standard InChI is InChI=1S/C22H18ClFN2O2/c1-15-6-2-4-8-19(15)25-13-16-10-11-21(17(23)12-16)28-14-22(27)26-20-9-5-3-7-18(20)24/h2-13H,14H2,1H3,(H,26,27). The smallest absolute Gasteiger partial charge is 0.262 e. The predicted octanol–water partition coefficient (Wildman–Crippen LogP) is 5.56. The second-order valence-electron chi connectivity index (χ2n) is 6.05. The highest BCUT2D eigenvalue weighted by molar-refractivity contribution is 6.32. The van der Waals surface area contributed by atoms with Crippen molar-refractivity contribution in [2.75, 3.05) is 11.9 Å². The molecule has 0 bridgehead atoms. The molecule has 1 N–H and O–H groups in total. The summed E-state index contributed by atoms with van der Waals surface area (Å²) in [6.07, 6.45) is 1.71. The summed E-state index contributed by atoms with van der Waals surface area (Å²) in [5.74, 6) is -0.629. The molecular formula is C22H18ClFN2O2. The molecule has 0 aliphatic rings. The summed E-state index contributed by atoms with van der Waals surface area (Å²) in [5, 5.41) is 2.81. The molecule has 0 aromatic heterocycles. The summed E-state index contributed by atoms with van der Waals surface area (Å²) in [6, 6.07) is 18.9. The van der Waals surface area contributed by atoms with Crippen LogP contribution in [-0.2, 0) is 4.79 Å². The Labute approximate surface area is 167 Å². The highest BCUT2D eigenvalue weighted by Crippen LogP contribution is 2.25. The third-order valence-electron chi connectivity index (χ3n) is 3.93. The third kappa shape index (κ3) is 5.18. The lowest BCUT2D eigenvalue weighted by Gasteiger charge is -2.09. The van der Waals surface area contributed by atoms with Crippen LogP contribution in [0.15, 0.2) is 71.7 Å². The number of anilines is 1. The normalized spacial score (nSPS) is 10.8. The van der Waals surface area contributed by atoms with Crippen LogP contribution in [0.1, 0.15) is 11.1 Å². The van der Waals surface area contributed by atoms with Crippen LogP contribution in [0.4, 0.5) is 15.8 Å². The quantitative estimate of drug-likeness (QED) is 0.555. The molecule has 28 heavy (non-hydrogen) atoms. The largest absolute Gasteiger partial charge is 0.482 e. The Morgan fingerprint density at radius 1 is 1.14 bits per heavy atom. The van der Waals surface area contributed by atoms with E-state index in [1.54, 1.807) is 36.5 Å². The van der Waals surface area contributed by atoms with Gasteiger partial charge in [0.25, 0.3) is 5.91 Å². The lowest BCUT2D eigenvalue weighted by atomic mass is 10.2. The number of para-hydroxylation sites is 2. The van der Waals surface area contributed by atoms with Gasteiger partial charge in [0.15, 0.2) is 6.61 Å². The van der Waals surface area contributed by atoms with Crippen molar-refractivity contribution in [2.24, 2.45) is 4.99 Å². The van der Waals surface area contributed by atoms with Crippen molar-refractivity contribution < 1.29 is 13.9 Å². The molecule has 3 rings (SSSR count). The van der Waals surface area contributed by atoms with Crippen LogP contribution in [0.3, 0.4) is 0 Å². The first kappa shape index (κ1) is 19.6. The van der Waals surface area contributed by atoms with Crippen molar-refractivity contribution in [1.82, 2.24) is 0 Å². The molecule has 0 aliphatic carbocycles. The predicted molar refractivity (Wildman–Crippen MR) is 110 cm³/mol. The van der Waals surface area contributed by atoms with Crippen molar-refractivity contribution >= 4 is 35.1 Å². The van der Waals surface area contributed by atoms with E-state index in [1.807, 2.05) is 31.2 Å². The zero-order valence-electron chi connectivity index (χ0n) is 15.2. The fourth-order valence-corrected chi connectivity index (χ4v) is 2.70. The van der Waals surface area contributed by atoms with Crippen molar-refractivity contribution in [3.8, 4) is 5.75 Å². The van der Waals surface area contributed by atoms with E-state index in [0.717, 1.165) is 16.8 Å². The Kier molecular flexibility index (Phi) is 6.40.